The Bertz CT molecular complexity index is 235. The van der Waals surface area contributed by atoms with Crippen LogP contribution in [-0.2, 0) is 9.59 Å². The number of rotatable bonds is 3. The first-order valence-corrected chi connectivity index (χ1v) is 5.29. The lowest BCUT2D eigenvalue weighted by Crippen LogP contribution is -2.42. The van der Waals surface area contributed by atoms with Gasteiger partial charge in [-0.05, 0) is 12.8 Å². The number of carbonyl (C=O) groups excluding carboxylic acids is 2. The number of nitrogens with one attached hydrogen (secondary N) is 1. The molecule has 86 valence electrons. The minimum atomic E-state index is -0.0297. The van der Waals surface area contributed by atoms with Gasteiger partial charge in [-0.25, -0.2) is 0 Å². The lowest BCUT2D eigenvalue weighted by molar-refractivity contribution is -0.133. The van der Waals surface area contributed by atoms with Gasteiger partial charge in [-0.2, -0.15) is 0 Å². The van der Waals surface area contributed by atoms with Gasteiger partial charge >= 0.3 is 0 Å². The molecule has 0 aromatic carbocycles. The number of hydrogen-bond donors (Lipinski definition) is 2. The number of piperidine rings is 1. The number of aliphatic hydroxyl groups is 1. The SMILES string of the molecule is CC(=O)N1CCC(C(=O)NCCO)CC1. The van der Waals surface area contributed by atoms with Crippen LogP contribution >= 0.6 is 0 Å². The van der Waals surface area contributed by atoms with E-state index in [9.17, 15) is 9.59 Å². The van der Waals surface area contributed by atoms with Crippen LogP contribution in [0.2, 0.25) is 0 Å². The zero-order chi connectivity index (χ0) is 11.3. The van der Waals surface area contributed by atoms with Gasteiger partial charge in [0.05, 0.1) is 6.61 Å². The van der Waals surface area contributed by atoms with Crippen molar-refractivity contribution in [2.75, 3.05) is 26.2 Å². The first-order valence-electron chi connectivity index (χ1n) is 5.29. The molecule has 0 bridgehead atoms. The van der Waals surface area contributed by atoms with Crippen molar-refractivity contribution in [3.05, 3.63) is 0 Å². The van der Waals surface area contributed by atoms with E-state index >= 15 is 0 Å². The summed E-state index contributed by atoms with van der Waals surface area (Å²) in [6.07, 6.45) is 1.44. The zero-order valence-corrected chi connectivity index (χ0v) is 9.03. The zero-order valence-electron chi connectivity index (χ0n) is 9.03. The summed E-state index contributed by atoms with van der Waals surface area (Å²) in [5.74, 6) is 0.0589. The number of carbonyl (C=O) groups is 2. The molecule has 0 aliphatic carbocycles. The van der Waals surface area contributed by atoms with Gasteiger partial charge < -0.3 is 15.3 Å². The Morgan fingerprint density at radius 1 is 1.40 bits per heavy atom. The van der Waals surface area contributed by atoms with Crippen LogP contribution < -0.4 is 5.32 Å². The molecule has 0 aromatic rings. The van der Waals surface area contributed by atoms with Gasteiger partial charge in [0, 0.05) is 32.5 Å². The van der Waals surface area contributed by atoms with Crippen molar-refractivity contribution in [3.63, 3.8) is 0 Å². The molecule has 0 saturated carbocycles. The van der Waals surface area contributed by atoms with Crippen molar-refractivity contribution in [1.29, 1.82) is 0 Å². The predicted molar refractivity (Wildman–Crippen MR) is 55.1 cm³/mol. The summed E-state index contributed by atoms with van der Waals surface area (Å²) in [5.41, 5.74) is 0. The molecular formula is C10H18N2O3. The molecule has 15 heavy (non-hydrogen) atoms. The summed E-state index contributed by atoms with van der Waals surface area (Å²) < 4.78 is 0. The summed E-state index contributed by atoms with van der Waals surface area (Å²) in [4.78, 5) is 24.3. The number of amides is 2. The van der Waals surface area contributed by atoms with Crippen LogP contribution in [0.3, 0.4) is 0 Å². The van der Waals surface area contributed by atoms with Crippen molar-refractivity contribution < 1.29 is 14.7 Å². The molecule has 1 aliphatic heterocycles. The molecule has 5 nitrogen and oxygen atoms in total. The Hall–Kier alpha value is -1.10. The van der Waals surface area contributed by atoms with Gasteiger partial charge in [0.25, 0.3) is 0 Å². The van der Waals surface area contributed by atoms with Gasteiger partial charge in [0.15, 0.2) is 0 Å². The summed E-state index contributed by atoms with van der Waals surface area (Å²) >= 11 is 0. The molecule has 1 aliphatic rings. The second kappa shape index (κ2) is 5.70. The average molecular weight is 214 g/mol. The van der Waals surface area contributed by atoms with E-state index in [-0.39, 0.29) is 24.3 Å². The van der Waals surface area contributed by atoms with Crippen LogP contribution in [0.15, 0.2) is 0 Å². The smallest absolute Gasteiger partial charge is 0.223 e. The normalized spacial score (nSPS) is 17.6. The van der Waals surface area contributed by atoms with Crippen LogP contribution in [-0.4, -0.2) is 48.1 Å². The van der Waals surface area contributed by atoms with Crippen LogP contribution in [0.25, 0.3) is 0 Å². The minimum Gasteiger partial charge on any atom is -0.395 e. The van der Waals surface area contributed by atoms with Crippen molar-refractivity contribution in [1.82, 2.24) is 10.2 Å². The number of nitrogens with zero attached hydrogens (tertiary/aromatic N) is 1. The maximum absolute atomic E-state index is 11.5. The Morgan fingerprint density at radius 3 is 2.47 bits per heavy atom. The molecule has 5 heteroatoms. The van der Waals surface area contributed by atoms with Gasteiger partial charge in [-0.1, -0.05) is 0 Å². The van der Waals surface area contributed by atoms with E-state index in [4.69, 9.17) is 5.11 Å². The highest BCUT2D eigenvalue weighted by Gasteiger charge is 2.25. The van der Waals surface area contributed by atoms with E-state index in [0.717, 1.165) is 12.8 Å². The Balaban J connectivity index is 2.30. The van der Waals surface area contributed by atoms with Gasteiger partial charge in [0.1, 0.15) is 0 Å². The highest BCUT2D eigenvalue weighted by atomic mass is 16.3. The molecule has 2 amide bonds. The lowest BCUT2D eigenvalue weighted by atomic mass is 9.96. The van der Waals surface area contributed by atoms with Crippen molar-refractivity contribution in [2.45, 2.75) is 19.8 Å². The Kier molecular flexibility index (Phi) is 4.55. The maximum atomic E-state index is 11.5. The molecule has 0 aromatic heterocycles. The Labute approximate surface area is 89.4 Å². The second-order valence-corrected chi connectivity index (χ2v) is 3.79. The number of hydrogen-bond acceptors (Lipinski definition) is 3. The highest BCUT2D eigenvalue weighted by molar-refractivity contribution is 5.79. The fourth-order valence-corrected chi connectivity index (χ4v) is 1.78. The first kappa shape index (κ1) is 12.0. The van der Waals surface area contributed by atoms with E-state index in [1.165, 1.54) is 0 Å². The third-order valence-electron chi connectivity index (χ3n) is 2.72. The monoisotopic (exact) mass is 214 g/mol. The first-order chi connectivity index (χ1) is 7.15. The summed E-state index contributed by atoms with van der Waals surface area (Å²) in [6, 6.07) is 0. The van der Waals surface area contributed by atoms with E-state index in [1.807, 2.05) is 0 Å². The van der Waals surface area contributed by atoms with E-state index in [2.05, 4.69) is 5.32 Å². The van der Waals surface area contributed by atoms with Crippen molar-refractivity contribution in [3.8, 4) is 0 Å². The van der Waals surface area contributed by atoms with Crippen LogP contribution in [0.1, 0.15) is 19.8 Å². The molecule has 0 radical (unpaired) electrons. The van der Waals surface area contributed by atoms with Crippen LogP contribution in [0, 0.1) is 5.92 Å². The quantitative estimate of drug-likeness (QED) is 0.656. The second-order valence-electron chi connectivity index (χ2n) is 3.79. The largest absolute Gasteiger partial charge is 0.395 e. The maximum Gasteiger partial charge on any atom is 0.223 e. The van der Waals surface area contributed by atoms with Gasteiger partial charge in [-0.3, -0.25) is 9.59 Å². The molecule has 0 spiro atoms. The van der Waals surface area contributed by atoms with Gasteiger partial charge in [-0.15, -0.1) is 0 Å². The lowest BCUT2D eigenvalue weighted by Gasteiger charge is -2.30. The van der Waals surface area contributed by atoms with E-state index in [0.29, 0.717) is 19.6 Å². The number of aliphatic hydroxyl groups excluding tert-OH is 1. The molecule has 1 heterocycles. The molecule has 2 N–H and O–H groups in total. The highest BCUT2D eigenvalue weighted by Crippen LogP contribution is 2.17. The molecule has 1 fully saturated rings. The molecule has 0 unspecified atom stereocenters. The standard InChI is InChI=1S/C10H18N2O3/c1-8(14)12-5-2-9(3-6-12)10(15)11-4-7-13/h9,13H,2-7H2,1H3,(H,11,15). The van der Waals surface area contributed by atoms with Gasteiger partial charge in [0.2, 0.25) is 11.8 Å². The third kappa shape index (κ3) is 3.51. The third-order valence-corrected chi connectivity index (χ3v) is 2.72. The Morgan fingerprint density at radius 2 is 2.00 bits per heavy atom. The molecule has 0 atom stereocenters. The molecule has 1 saturated heterocycles. The molecular weight excluding hydrogens is 196 g/mol. The summed E-state index contributed by atoms with van der Waals surface area (Å²) in [6.45, 7) is 3.15. The molecule has 1 rings (SSSR count). The summed E-state index contributed by atoms with van der Waals surface area (Å²) in [5, 5.41) is 11.2. The van der Waals surface area contributed by atoms with Crippen molar-refractivity contribution in [2.24, 2.45) is 5.92 Å². The topological polar surface area (TPSA) is 69.6 Å². The average Bonchev–Trinajstić information content (AvgIpc) is 2.26. The predicted octanol–water partition coefficient (Wildman–Crippen LogP) is -0.647. The number of likely N-dealkylation sites (tertiary alicyclic amines) is 1. The minimum absolute atomic E-state index is 0.00717. The fourth-order valence-electron chi connectivity index (χ4n) is 1.78. The van der Waals surface area contributed by atoms with E-state index in [1.54, 1.807) is 11.8 Å². The fraction of sp³-hybridized carbons (Fsp3) is 0.800. The summed E-state index contributed by atoms with van der Waals surface area (Å²) in [7, 11) is 0. The van der Waals surface area contributed by atoms with E-state index < -0.39 is 0 Å². The van der Waals surface area contributed by atoms with Crippen LogP contribution in [0.5, 0.6) is 0 Å². The van der Waals surface area contributed by atoms with Crippen molar-refractivity contribution >= 4 is 11.8 Å². The van der Waals surface area contributed by atoms with Crippen LogP contribution in [0.4, 0.5) is 0 Å².